The average Bonchev–Trinajstić information content (AvgIpc) is 2.53. The molecule has 1 aromatic heterocycles. The number of ether oxygens (including phenoxy) is 1. The smallest absolute Gasteiger partial charge is 0.253 e. The molecule has 4 heteroatoms. The van der Waals surface area contributed by atoms with Crippen LogP contribution in [0.15, 0.2) is 42.7 Å². The van der Waals surface area contributed by atoms with Crippen LogP contribution in [0.3, 0.4) is 0 Å². The highest BCUT2D eigenvalue weighted by atomic mass is 16.5. The van der Waals surface area contributed by atoms with Gasteiger partial charge in [-0.05, 0) is 29.7 Å². The molecule has 0 saturated carbocycles. The van der Waals surface area contributed by atoms with Crippen LogP contribution < -0.4 is 10.1 Å². The zero-order valence-corrected chi connectivity index (χ0v) is 12.6. The second-order valence-corrected chi connectivity index (χ2v) is 5.15. The second-order valence-electron chi connectivity index (χ2n) is 5.15. The first kappa shape index (κ1) is 15.0. The van der Waals surface area contributed by atoms with Crippen LogP contribution in [0.25, 0.3) is 0 Å². The van der Waals surface area contributed by atoms with Crippen LogP contribution >= 0.6 is 0 Å². The largest absolute Gasteiger partial charge is 0.496 e. The Morgan fingerprint density at radius 1 is 1.33 bits per heavy atom. The molecule has 0 aliphatic rings. The van der Waals surface area contributed by atoms with Crippen molar-refractivity contribution in [2.75, 3.05) is 7.11 Å². The highest BCUT2D eigenvalue weighted by molar-refractivity contribution is 5.93. The zero-order chi connectivity index (χ0) is 15.2. The number of aromatic nitrogens is 1. The molecule has 2 rings (SSSR count). The van der Waals surface area contributed by atoms with Gasteiger partial charge in [-0.15, -0.1) is 0 Å². The second kappa shape index (κ2) is 6.88. The molecule has 1 N–H and O–H groups in total. The van der Waals surface area contributed by atoms with E-state index in [9.17, 15) is 4.79 Å². The molecule has 0 unspecified atom stereocenters. The lowest BCUT2D eigenvalue weighted by Gasteiger charge is -2.13. The maximum atomic E-state index is 12.0. The summed E-state index contributed by atoms with van der Waals surface area (Å²) in [7, 11) is 1.64. The fourth-order valence-electron chi connectivity index (χ4n) is 2.04. The van der Waals surface area contributed by atoms with Crippen molar-refractivity contribution >= 4 is 5.91 Å². The minimum atomic E-state index is -0.141. The Bertz CT molecular complexity index is 609. The molecule has 0 aliphatic carbocycles. The van der Waals surface area contributed by atoms with E-state index >= 15 is 0 Å². The third-order valence-corrected chi connectivity index (χ3v) is 3.34. The lowest BCUT2D eigenvalue weighted by molar-refractivity contribution is 0.0950. The van der Waals surface area contributed by atoms with E-state index in [0.717, 1.165) is 11.3 Å². The van der Waals surface area contributed by atoms with Crippen molar-refractivity contribution in [1.82, 2.24) is 10.3 Å². The SMILES string of the molecule is COc1cc(C(C)C)ccc1CNC(=O)c1cccnc1. The fourth-order valence-corrected chi connectivity index (χ4v) is 2.04. The Labute approximate surface area is 125 Å². The topological polar surface area (TPSA) is 51.2 Å². The molecule has 21 heavy (non-hydrogen) atoms. The van der Waals surface area contributed by atoms with Crippen molar-refractivity contribution in [3.05, 3.63) is 59.4 Å². The van der Waals surface area contributed by atoms with Gasteiger partial charge in [-0.1, -0.05) is 26.0 Å². The van der Waals surface area contributed by atoms with Gasteiger partial charge in [0.15, 0.2) is 0 Å². The van der Waals surface area contributed by atoms with Crippen LogP contribution in [-0.2, 0) is 6.54 Å². The molecule has 0 spiro atoms. The maximum absolute atomic E-state index is 12.0. The van der Waals surface area contributed by atoms with Crippen molar-refractivity contribution < 1.29 is 9.53 Å². The molecule has 0 saturated heterocycles. The van der Waals surface area contributed by atoms with Gasteiger partial charge in [-0.3, -0.25) is 9.78 Å². The molecule has 1 amide bonds. The number of pyridine rings is 1. The van der Waals surface area contributed by atoms with Gasteiger partial charge in [0.05, 0.1) is 12.7 Å². The monoisotopic (exact) mass is 284 g/mol. The number of hydrogen-bond donors (Lipinski definition) is 1. The number of nitrogens with zero attached hydrogens (tertiary/aromatic N) is 1. The summed E-state index contributed by atoms with van der Waals surface area (Å²) in [6.45, 7) is 4.70. The quantitative estimate of drug-likeness (QED) is 0.917. The summed E-state index contributed by atoms with van der Waals surface area (Å²) in [6, 6.07) is 9.57. The molecular formula is C17H20N2O2. The summed E-state index contributed by atoms with van der Waals surface area (Å²) in [5.74, 6) is 1.10. The van der Waals surface area contributed by atoms with E-state index in [1.807, 2.05) is 12.1 Å². The minimum Gasteiger partial charge on any atom is -0.496 e. The fraction of sp³-hybridized carbons (Fsp3) is 0.294. The predicted molar refractivity (Wildman–Crippen MR) is 82.5 cm³/mol. The summed E-state index contributed by atoms with van der Waals surface area (Å²) < 4.78 is 5.41. The van der Waals surface area contributed by atoms with Crippen LogP contribution in [0.1, 0.15) is 41.3 Å². The van der Waals surface area contributed by atoms with Gasteiger partial charge in [0, 0.05) is 24.5 Å². The van der Waals surface area contributed by atoms with Gasteiger partial charge in [0.2, 0.25) is 0 Å². The molecule has 0 atom stereocenters. The van der Waals surface area contributed by atoms with Crippen LogP contribution in [0, 0.1) is 0 Å². The highest BCUT2D eigenvalue weighted by Crippen LogP contribution is 2.24. The van der Waals surface area contributed by atoms with E-state index in [1.165, 1.54) is 5.56 Å². The number of nitrogens with one attached hydrogen (secondary N) is 1. The summed E-state index contributed by atoms with van der Waals surface area (Å²) in [6.07, 6.45) is 3.19. The number of methoxy groups -OCH3 is 1. The van der Waals surface area contributed by atoms with Gasteiger partial charge < -0.3 is 10.1 Å². The normalized spacial score (nSPS) is 10.5. The van der Waals surface area contributed by atoms with Gasteiger partial charge >= 0.3 is 0 Å². The lowest BCUT2D eigenvalue weighted by atomic mass is 10.0. The highest BCUT2D eigenvalue weighted by Gasteiger charge is 2.09. The summed E-state index contributed by atoms with van der Waals surface area (Å²) >= 11 is 0. The van der Waals surface area contributed by atoms with Crippen molar-refractivity contribution in [2.24, 2.45) is 0 Å². The van der Waals surface area contributed by atoms with Crippen LogP contribution in [0.4, 0.5) is 0 Å². The molecule has 1 aromatic carbocycles. The molecule has 0 aliphatic heterocycles. The molecule has 0 bridgehead atoms. The summed E-state index contributed by atoms with van der Waals surface area (Å²) in [4.78, 5) is 15.9. The standard InChI is InChI=1S/C17H20N2O2/c1-12(2)13-6-7-14(16(9-13)21-3)11-19-17(20)15-5-4-8-18-10-15/h4-10,12H,11H2,1-3H3,(H,19,20). The van der Waals surface area contributed by atoms with Crippen molar-refractivity contribution in [2.45, 2.75) is 26.3 Å². The first-order valence-corrected chi connectivity index (χ1v) is 6.97. The molecule has 110 valence electrons. The number of hydrogen-bond acceptors (Lipinski definition) is 3. The third-order valence-electron chi connectivity index (χ3n) is 3.34. The molecule has 0 radical (unpaired) electrons. The van der Waals surface area contributed by atoms with E-state index in [0.29, 0.717) is 18.0 Å². The summed E-state index contributed by atoms with van der Waals surface area (Å²) in [5, 5.41) is 2.88. The van der Waals surface area contributed by atoms with Gasteiger partial charge in [-0.2, -0.15) is 0 Å². The maximum Gasteiger partial charge on any atom is 0.253 e. The first-order valence-electron chi connectivity index (χ1n) is 6.97. The van der Waals surface area contributed by atoms with Gasteiger partial charge in [0.1, 0.15) is 5.75 Å². The number of carbonyl (C=O) groups is 1. The molecule has 1 heterocycles. The average molecular weight is 284 g/mol. The Morgan fingerprint density at radius 3 is 2.76 bits per heavy atom. The van der Waals surface area contributed by atoms with Crippen LogP contribution in [0.5, 0.6) is 5.75 Å². The minimum absolute atomic E-state index is 0.141. The zero-order valence-electron chi connectivity index (χ0n) is 12.6. The number of rotatable bonds is 5. The molecule has 4 nitrogen and oxygen atoms in total. The van der Waals surface area contributed by atoms with Gasteiger partial charge in [0.25, 0.3) is 5.91 Å². The van der Waals surface area contributed by atoms with E-state index < -0.39 is 0 Å². The van der Waals surface area contributed by atoms with Crippen molar-refractivity contribution in [3.8, 4) is 5.75 Å². The Kier molecular flexibility index (Phi) is 4.93. The van der Waals surface area contributed by atoms with E-state index in [-0.39, 0.29) is 5.91 Å². The molecule has 0 fully saturated rings. The van der Waals surface area contributed by atoms with Crippen LogP contribution in [0.2, 0.25) is 0 Å². The van der Waals surface area contributed by atoms with Gasteiger partial charge in [-0.25, -0.2) is 0 Å². The summed E-state index contributed by atoms with van der Waals surface area (Å²) in [5.41, 5.74) is 2.73. The Balaban J connectivity index is 2.08. The molecular weight excluding hydrogens is 264 g/mol. The molecule has 2 aromatic rings. The first-order chi connectivity index (χ1) is 10.1. The van der Waals surface area contributed by atoms with E-state index in [2.05, 4.69) is 30.2 Å². The van der Waals surface area contributed by atoms with Crippen LogP contribution in [-0.4, -0.2) is 18.0 Å². The number of carbonyl (C=O) groups excluding carboxylic acids is 1. The van der Waals surface area contributed by atoms with Crippen molar-refractivity contribution in [3.63, 3.8) is 0 Å². The number of benzene rings is 1. The predicted octanol–water partition coefficient (Wildman–Crippen LogP) is 3.14. The van der Waals surface area contributed by atoms with E-state index in [1.54, 1.807) is 31.6 Å². The Morgan fingerprint density at radius 2 is 2.14 bits per heavy atom. The Hall–Kier alpha value is -2.36. The third kappa shape index (κ3) is 3.81. The van der Waals surface area contributed by atoms with Crippen molar-refractivity contribution in [1.29, 1.82) is 0 Å². The van der Waals surface area contributed by atoms with E-state index in [4.69, 9.17) is 4.74 Å². The lowest BCUT2D eigenvalue weighted by Crippen LogP contribution is -2.23. The number of amides is 1.